The van der Waals surface area contributed by atoms with Crippen molar-refractivity contribution in [3.05, 3.63) is 45.6 Å². The van der Waals surface area contributed by atoms with Crippen LogP contribution in [0.2, 0.25) is 0 Å². The number of thiophene rings is 1. The molecule has 2 aliphatic carbocycles. The summed E-state index contributed by atoms with van der Waals surface area (Å²) in [4.78, 5) is 55.7. The summed E-state index contributed by atoms with van der Waals surface area (Å²) in [5.74, 6) is 0.539. The molecule has 1 saturated heterocycles. The number of amides is 6. The van der Waals surface area contributed by atoms with Gasteiger partial charge in [-0.3, -0.25) is 14.5 Å². The fourth-order valence-electron chi connectivity index (χ4n) is 5.55. The molecule has 1 saturated carbocycles. The second kappa shape index (κ2) is 8.51. The predicted octanol–water partition coefficient (Wildman–Crippen LogP) is 2.39. The van der Waals surface area contributed by atoms with Crippen LogP contribution in [0.1, 0.15) is 35.3 Å². The van der Waals surface area contributed by atoms with Crippen molar-refractivity contribution in [1.29, 1.82) is 0 Å². The van der Waals surface area contributed by atoms with Gasteiger partial charge in [0.1, 0.15) is 24.4 Å². The maximum atomic E-state index is 13.7. The molecule has 0 bridgehead atoms. The van der Waals surface area contributed by atoms with E-state index in [1.165, 1.54) is 7.05 Å². The zero-order valence-electron chi connectivity index (χ0n) is 19.8. The molecule has 1 unspecified atom stereocenters. The Labute approximate surface area is 212 Å². The van der Waals surface area contributed by atoms with Gasteiger partial charge in [-0.05, 0) is 66.3 Å². The zero-order chi connectivity index (χ0) is 25.0. The number of nitrogens with one attached hydrogen (secondary N) is 3. The topological polar surface area (TPSA) is 120 Å². The number of carbonyl (C=O) groups is 4. The number of rotatable bonds is 4. The molecule has 3 heterocycles. The lowest BCUT2D eigenvalue weighted by molar-refractivity contribution is -0.141. The molecule has 1 aromatic carbocycles. The number of anilines is 1. The first-order chi connectivity index (χ1) is 17.4. The Morgan fingerprint density at radius 3 is 2.86 bits per heavy atom. The number of hydrogen-bond donors (Lipinski definition) is 3. The number of hydrogen-bond acceptors (Lipinski definition) is 6. The Hall–Kier alpha value is -3.60. The fraction of sp³-hybridized carbons (Fsp3) is 0.440. The van der Waals surface area contributed by atoms with E-state index >= 15 is 0 Å². The lowest BCUT2D eigenvalue weighted by Gasteiger charge is -2.30. The molecule has 1 aromatic heterocycles. The molecule has 2 fully saturated rings. The minimum atomic E-state index is -1.18. The number of benzene rings is 1. The smallest absolute Gasteiger partial charge is 0.325 e. The first-order valence-corrected chi connectivity index (χ1v) is 13.0. The van der Waals surface area contributed by atoms with Crippen molar-refractivity contribution in [2.24, 2.45) is 5.92 Å². The number of imide groups is 1. The standard InChI is InChI=1S/C25H27N5O5S/c1-26-23(33)27-16-4-5-17-15(10-16)6-8-25(17)22(32)30(24(34)28-25)12-21(31)29-11-20-19(7-9-36-20)35-13-18(29)14-2-3-14/h4-5,7,9-10,14,18H,2-3,6,8,11-13H2,1H3,(H,28,34)(H2,26,27,33)/t18-,25?/m0/s1. The van der Waals surface area contributed by atoms with Crippen LogP contribution in [0.15, 0.2) is 29.6 Å². The normalized spacial score (nSPS) is 24.6. The molecule has 2 aromatic rings. The van der Waals surface area contributed by atoms with E-state index < -0.39 is 17.5 Å². The van der Waals surface area contributed by atoms with E-state index in [4.69, 9.17) is 4.74 Å². The van der Waals surface area contributed by atoms with E-state index in [1.807, 2.05) is 17.5 Å². The van der Waals surface area contributed by atoms with Crippen molar-refractivity contribution in [3.8, 4) is 5.75 Å². The summed E-state index contributed by atoms with van der Waals surface area (Å²) in [5, 5.41) is 10.1. The van der Waals surface area contributed by atoms with Crippen LogP contribution in [-0.2, 0) is 28.1 Å². The van der Waals surface area contributed by atoms with Crippen molar-refractivity contribution >= 4 is 40.9 Å². The maximum Gasteiger partial charge on any atom is 0.325 e. The Balaban J connectivity index is 1.22. The molecule has 4 aliphatic rings. The third-order valence-electron chi connectivity index (χ3n) is 7.60. The Morgan fingerprint density at radius 2 is 2.08 bits per heavy atom. The summed E-state index contributed by atoms with van der Waals surface area (Å²) in [6, 6.07) is 6.27. The molecule has 11 heteroatoms. The number of carbonyl (C=O) groups excluding carboxylic acids is 4. The number of nitrogens with zero attached hydrogens (tertiary/aromatic N) is 2. The van der Waals surface area contributed by atoms with Crippen LogP contribution in [-0.4, -0.2) is 59.9 Å². The number of urea groups is 2. The van der Waals surface area contributed by atoms with Crippen LogP contribution in [0.25, 0.3) is 0 Å². The van der Waals surface area contributed by atoms with Crippen LogP contribution in [0.5, 0.6) is 5.75 Å². The van der Waals surface area contributed by atoms with Crippen molar-refractivity contribution in [2.75, 3.05) is 25.5 Å². The summed E-state index contributed by atoms with van der Waals surface area (Å²) >= 11 is 1.54. The molecule has 6 rings (SSSR count). The minimum Gasteiger partial charge on any atom is -0.490 e. The van der Waals surface area contributed by atoms with Crippen molar-refractivity contribution in [3.63, 3.8) is 0 Å². The summed E-state index contributed by atoms with van der Waals surface area (Å²) in [6.45, 7) is 0.539. The van der Waals surface area contributed by atoms with Gasteiger partial charge in [0, 0.05) is 12.7 Å². The third-order valence-corrected chi connectivity index (χ3v) is 8.49. The zero-order valence-corrected chi connectivity index (χ0v) is 20.7. The van der Waals surface area contributed by atoms with Gasteiger partial charge in [0.05, 0.1) is 17.5 Å². The predicted molar refractivity (Wildman–Crippen MR) is 132 cm³/mol. The van der Waals surface area contributed by atoms with E-state index in [9.17, 15) is 19.2 Å². The second-order valence-corrected chi connectivity index (χ2v) is 10.7. The molecular formula is C25H27N5O5S. The highest BCUT2D eigenvalue weighted by molar-refractivity contribution is 7.10. The van der Waals surface area contributed by atoms with Gasteiger partial charge in [-0.1, -0.05) is 6.07 Å². The fourth-order valence-corrected chi connectivity index (χ4v) is 6.36. The number of ether oxygens (including phenoxy) is 1. The average Bonchev–Trinajstić information content (AvgIpc) is 3.50. The lowest BCUT2D eigenvalue weighted by Crippen LogP contribution is -2.49. The highest BCUT2D eigenvalue weighted by Crippen LogP contribution is 2.43. The van der Waals surface area contributed by atoms with Crippen LogP contribution >= 0.6 is 11.3 Å². The molecular weight excluding hydrogens is 482 g/mol. The molecule has 6 amide bonds. The quantitative estimate of drug-likeness (QED) is 0.547. The van der Waals surface area contributed by atoms with Crippen molar-refractivity contribution in [1.82, 2.24) is 20.4 Å². The summed E-state index contributed by atoms with van der Waals surface area (Å²) in [7, 11) is 1.53. The minimum absolute atomic E-state index is 0.0646. The largest absolute Gasteiger partial charge is 0.490 e. The average molecular weight is 510 g/mol. The summed E-state index contributed by atoms with van der Waals surface area (Å²) in [5.41, 5.74) is 1.02. The Morgan fingerprint density at radius 1 is 1.25 bits per heavy atom. The highest BCUT2D eigenvalue weighted by Gasteiger charge is 2.56. The lowest BCUT2D eigenvalue weighted by atomic mass is 9.91. The Bertz CT molecular complexity index is 1270. The van der Waals surface area contributed by atoms with Gasteiger partial charge in [-0.25, -0.2) is 9.59 Å². The van der Waals surface area contributed by atoms with Gasteiger partial charge in [-0.2, -0.15) is 0 Å². The monoisotopic (exact) mass is 509 g/mol. The molecule has 2 aliphatic heterocycles. The van der Waals surface area contributed by atoms with Crippen LogP contribution in [0.4, 0.5) is 15.3 Å². The molecule has 36 heavy (non-hydrogen) atoms. The maximum absolute atomic E-state index is 13.7. The first kappa shape index (κ1) is 22.8. The molecule has 0 radical (unpaired) electrons. The first-order valence-electron chi connectivity index (χ1n) is 12.1. The van der Waals surface area contributed by atoms with Crippen LogP contribution < -0.4 is 20.7 Å². The number of fused-ring (bicyclic) bond motifs is 3. The summed E-state index contributed by atoms with van der Waals surface area (Å²) in [6.07, 6.45) is 3.07. The molecule has 10 nitrogen and oxygen atoms in total. The van der Waals surface area contributed by atoms with Crippen LogP contribution in [0, 0.1) is 5.92 Å². The van der Waals surface area contributed by atoms with E-state index in [2.05, 4.69) is 16.0 Å². The van der Waals surface area contributed by atoms with E-state index in [0.717, 1.165) is 33.9 Å². The Kier molecular flexibility index (Phi) is 5.40. The van der Waals surface area contributed by atoms with Gasteiger partial charge in [0.25, 0.3) is 5.91 Å². The van der Waals surface area contributed by atoms with E-state index in [-0.39, 0.29) is 24.5 Å². The third kappa shape index (κ3) is 3.69. The molecule has 3 N–H and O–H groups in total. The molecule has 2 atom stereocenters. The van der Waals surface area contributed by atoms with Gasteiger partial charge in [-0.15, -0.1) is 11.3 Å². The molecule has 188 valence electrons. The summed E-state index contributed by atoms with van der Waals surface area (Å²) < 4.78 is 5.98. The van der Waals surface area contributed by atoms with Gasteiger partial charge in [0.15, 0.2) is 0 Å². The van der Waals surface area contributed by atoms with Gasteiger partial charge in [0.2, 0.25) is 5.91 Å². The highest BCUT2D eigenvalue weighted by atomic mass is 32.1. The SMILES string of the molecule is CNC(=O)Nc1ccc2c(c1)CCC21NC(=O)N(CC(=O)N2Cc3sccc3OC[C@H]2C2CC2)C1=O. The van der Waals surface area contributed by atoms with E-state index in [0.29, 0.717) is 43.2 Å². The van der Waals surface area contributed by atoms with Gasteiger partial charge >= 0.3 is 12.1 Å². The van der Waals surface area contributed by atoms with Crippen molar-refractivity contribution < 1.29 is 23.9 Å². The number of aryl methyl sites for hydroxylation is 1. The second-order valence-electron chi connectivity index (χ2n) is 9.75. The van der Waals surface area contributed by atoms with Crippen molar-refractivity contribution in [2.45, 2.75) is 43.8 Å². The molecule has 1 spiro atoms. The van der Waals surface area contributed by atoms with Crippen LogP contribution in [0.3, 0.4) is 0 Å². The van der Waals surface area contributed by atoms with E-state index in [1.54, 1.807) is 28.4 Å². The van der Waals surface area contributed by atoms with Gasteiger partial charge < -0.3 is 25.6 Å².